The molecule has 2 fully saturated rings. The lowest BCUT2D eigenvalue weighted by atomic mass is 9.70. The monoisotopic (exact) mass is 281 g/mol. The SMILES string of the molecule is CCCNC(CC1CCC1)C1(OCC)CCC(C)CC1. The van der Waals surface area contributed by atoms with Gasteiger partial charge in [-0.25, -0.2) is 0 Å². The first kappa shape index (κ1) is 16.3. The van der Waals surface area contributed by atoms with Crippen molar-refractivity contribution in [3.05, 3.63) is 0 Å². The Kier molecular flexibility index (Phi) is 6.35. The summed E-state index contributed by atoms with van der Waals surface area (Å²) >= 11 is 0. The Morgan fingerprint density at radius 1 is 1.15 bits per heavy atom. The molecular weight excluding hydrogens is 246 g/mol. The largest absolute Gasteiger partial charge is 0.374 e. The van der Waals surface area contributed by atoms with Crippen LogP contribution in [-0.2, 0) is 4.74 Å². The van der Waals surface area contributed by atoms with E-state index in [1.807, 2.05) is 0 Å². The van der Waals surface area contributed by atoms with E-state index in [1.54, 1.807) is 0 Å². The van der Waals surface area contributed by atoms with E-state index in [-0.39, 0.29) is 5.60 Å². The maximum absolute atomic E-state index is 6.38. The molecule has 0 aromatic rings. The van der Waals surface area contributed by atoms with Crippen molar-refractivity contribution >= 4 is 0 Å². The van der Waals surface area contributed by atoms with E-state index in [0.29, 0.717) is 6.04 Å². The second-order valence-electron chi connectivity index (χ2n) is 7.22. The highest BCUT2D eigenvalue weighted by molar-refractivity contribution is 4.98. The third-order valence-electron chi connectivity index (χ3n) is 5.62. The molecule has 20 heavy (non-hydrogen) atoms. The number of hydrogen-bond donors (Lipinski definition) is 1. The summed E-state index contributed by atoms with van der Waals surface area (Å²) in [6.45, 7) is 8.84. The van der Waals surface area contributed by atoms with Gasteiger partial charge in [-0.2, -0.15) is 0 Å². The molecule has 0 aromatic heterocycles. The van der Waals surface area contributed by atoms with Crippen LogP contribution in [0.5, 0.6) is 0 Å². The van der Waals surface area contributed by atoms with E-state index >= 15 is 0 Å². The van der Waals surface area contributed by atoms with Crippen LogP contribution in [-0.4, -0.2) is 24.8 Å². The first-order chi connectivity index (χ1) is 9.70. The molecule has 1 atom stereocenters. The van der Waals surface area contributed by atoms with Gasteiger partial charge < -0.3 is 10.1 Å². The minimum atomic E-state index is 0.131. The lowest BCUT2D eigenvalue weighted by Crippen LogP contribution is -2.55. The number of ether oxygens (including phenoxy) is 1. The minimum absolute atomic E-state index is 0.131. The van der Waals surface area contributed by atoms with E-state index < -0.39 is 0 Å². The fourth-order valence-electron chi connectivity index (χ4n) is 4.00. The van der Waals surface area contributed by atoms with E-state index in [2.05, 4.69) is 26.1 Å². The average molecular weight is 281 g/mol. The standard InChI is InChI=1S/C18H35NO/c1-4-13-19-17(14-16-7-6-8-16)18(20-5-2)11-9-15(3)10-12-18/h15-17,19H,4-14H2,1-3H3. The van der Waals surface area contributed by atoms with Crippen molar-refractivity contribution < 1.29 is 4.74 Å². The molecular formula is C18H35NO. The van der Waals surface area contributed by atoms with Crippen molar-refractivity contribution in [2.24, 2.45) is 11.8 Å². The molecule has 0 aliphatic heterocycles. The van der Waals surface area contributed by atoms with Crippen LogP contribution < -0.4 is 5.32 Å². The summed E-state index contributed by atoms with van der Waals surface area (Å²) in [5.41, 5.74) is 0.131. The topological polar surface area (TPSA) is 21.3 Å². The quantitative estimate of drug-likeness (QED) is 0.706. The smallest absolute Gasteiger partial charge is 0.0834 e. The van der Waals surface area contributed by atoms with E-state index in [0.717, 1.165) is 25.0 Å². The van der Waals surface area contributed by atoms with Crippen molar-refractivity contribution in [2.45, 2.75) is 90.2 Å². The summed E-state index contributed by atoms with van der Waals surface area (Å²) in [6, 6.07) is 0.584. The summed E-state index contributed by atoms with van der Waals surface area (Å²) in [7, 11) is 0. The molecule has 2 rings (SSSR count). The molecule has 0 aromatic carbocycles. The Hall–Kier alpha value is -0.0800. The second-order valence-corrected chi connectivity index (χ2v) is 7.22. The summed E-state index contributed by atoms with van der Waals surface area (Å²) in [4.78, 5) is 0. The highest BCUT2D eigenvalue weighted by Gasteiger charge is 2.43. The van der Waals surface area contributed by atoms with E-state index in [9.17, 15) is 0 Å². The minimum Gasteiger partial charge on any atom is -0.374 e. The summed E-state index contributed by atoms with van der Waals surface area (Å²) in [6.07, 6.45) is 12.1. The van der Waals surface area contributed by atoms with Gasteiger partial charge in [0.1, 0.15) is 0 Å². The van der Waals surface area contributed by atoms with Gasteiger partial charge in [0.15, 0.2) is 0 Å². The van der Waals surface area contributed by atoms with Crippen molar-refractivity contribution in [1.82, 2.24) is 5.32 Å². The molecule has 0 saturated heterocycles. The molecule has 2 aliphatic carbocycles. The van der Waals surface area contributed by atoms with Crippen LogP contribution in [0.1, 0.15) is 78.6 Å². The Morgan fingerprint density at radius 3 is 2.35 bits per heavy atom. The van der Waals surface area contributed by atoms with Crippen LogP contribution in [0, 0.1) is 11.8 Å². The summed E-state index contributed by atoms with van der Waals surface area (Å²) in [5.74, 6) is 1.85. The van der Waals surface area contributed by atoms with E-state index in [4.69, 9.17) is 4.74 Å². The van der Waals surface area contributed by atoms with Gasteiger partial charge >= 0.3 is 0 Å². The highest BCUT2D eigenvalue weighted by Crippen LogP contribution is 2.41. The Morgan fingerprint density at radius 2 is 1.85 bits per heavy atom. The van der Waals surface area contributed by atoms with Gasteiger partial charge in [0.05, 0.1) is 5.60 Å². The summed E-state index contributed by atoms with van der Waals surface area (Å²) < 4.78 is 6.38. The second kappa shape index (κ2) is 7.79. The van der Waals surface area contributed by atoms with Crippen LogP contribution in [0.4, 0.5) is 0 Å². The van der Waals surface area contributed by atoms with Gasteiger partial charge in [-0.3, -0.25) is 0 Å². The van der Waals surface area contributed by atoms with Crippen LogP contribution in [0.15, 0.2) is 0 Å². The normalized spacial score (nSPS) is 32.9. The molecule has 2 heteroatoms. The van der Waals surface area contributed by atoms with Gasteiger partial charge in [-0.1, -0.05) is 33.1 Å². The van der Waals surface area contributed by atoms with Crippen LogP contribution in [0.2, 0.25) is 0 Å². The van der Waals surface area contributed by atoms with Gasteiger partial charge in [0.25, 0.3) is 0 Å². The molecule has 2 saturated carbocycles. The predicted octanol–water partition coefficient (Wildman–Crippen LogP) is 4.53. The molecule has 0 radical (unpaired) electrons. The highest BCUT2D eigenvalue weighted by atomic mass is 16.5. The van der Waals surface area contributed by atoms with Crippen molar-refractivity contribution in [1.29, 1.82) is 0 Å². The van der Waals surface area contributed by atoms with Gasteiger partial charge in [0, 0.05) is 12.6 Å². The number of nitrogens with one attached hydrogen (secondary N) is 1. The Balaban J connectivity index is 2.03. The molecule has 1 unspecified atom stereocenters. The fraction of sp³-hybridized carbons (Fsp3) is 1.00. The van der Waals surface area contributed by atoms with Crippen LogP contribution in [0.3, 0.4) is 0 Å². The number of hydrogen-bond acceptors (Lipinski definition) is 2. The molecule has 2 nitrogen and oxygen atoms in total. The number of rotatable bonds is 8. The van der Waals surface area contributed by atoms with Gasteiger partial charge in [-0.15, -0.1) is 0 Å². The first-order valence-corrected chi connectivity index (χ1v) is 9.07. The molecule has 1 N–H and O–H groups in total. The molecule has 118 valence electrons. The van der Waals surface area contributed by atoms with Gasteiger partial charge in [-0.05, 0) is 63.8 Å². The maximum Gasteiger partial charge on any atom is 0.0834 e. The zero-order valence-electron chi connectivity index (χ0n) is 13.9. The lowest BCUT2D eigenvalue weighted by Gasteiger charge is -2.47. The molecule has 0 bridgehead atoms. The predicted molar refractivity (Wildman–Crippen MR) is 86.0 cm³/mol. The molecule has 2 aliphatic rings. The van der Waals surface area contributed by atoms with Crippen LogP contribution >= 0.6 is 0 Å². The van der Waals surface area contributed by atoms with Crippen molar-refractivity contribution in [3.8, 4) is 0 Å². The Bertz CT molecular complexity index is 267. The average Bonchev–Trinajstić information content (AvgIpc) is 2.40. The first-order valence-electron chi connectivity index (χ1n) is 9.07. The van der Waals surface area contributed by atoms with Crippen LogP contribution in [0.25, 0.3) is 0 Å². The maximum atomic E-state index is 6.38. The molecule has 0 amide bonds. The van der Waals surface area contributed by atoms with Gasteiger partial charge in [0.2, 0.25) is 0 Å². The van der Waals surface area contributed by atoms with Crippen molar-refractivity contribution in [3.63, 3.8) is 0 Å². The lowest BCUT2D eigenvalue weighted by molar-refractivity contribution is -0.102. The molecule has 0 heterocycles. The van der Waals surface area contributed by atoms with E-state index in [1.165, 1.54) is 57.8 Å². The van der Waals surface area contributed by atoms with Crippen molar-refractivity contribution in [2.75, 3.05) is 13.2 Å². The third-order valence-corrected chi connectivity index (χ3v) is 5.62. The zero-order valence-corrected chi connectivity index (χ0v) is 13.9. The third kappa shape index (κ3) is 3.98. The summed E-state index contributed by atoms with van der Waals surface area (Å²) in [5, 5.41) is 3.85. The molecule has 0 spiro atoms. The Labute approximate surface area is 126 Å². The fourth-order valence-corrected chi connectivity index (χ4v) is 4.00. The zero-order chi connectivity index (χ0) is 14.4.